The number of aromatic nitrogens is 2. The molecule has 1 aromatic carbocycles. The average molecular weight is 231 g/mol. The molecule has 2 heterocycles. The van der Waals surface area contributed by atoms with Crippen LogP contribution in [0.3, 0.4) is 0 Å². The molecule has 3 aromatic rings. The standard InChI is InChI=1S/C12H10FN3O/c13-9-3-1-8(2-4-9)11-6-16-10(5-14)7-17-12(16)15-11/h1-4,6-7H,5,14H2. The van der Waals surface area contributed by atoms with Crippen molar-refractivity contribution in [3.05, 3.63) is 48.2 Å². The largest absolute Gasteiger partial charge is 0.431 e. The third-order valence-electron chi connectivity index (χ3n) is 2.63. The van der Waals surface area contributed by atoms with Gasteiger partial charge in [0.1, 0.15) is 12.1 Å². The van der Waals surface area contributed by atoms with Crippen LogP contribution in [0, 0.1) is 5.82 Å². The maximum atomic E-state index is 12.8. The van der Waals surface area contributed by atoms with Gasteiger partial charge in [-0.1, -0.05) is 0 Å². The molecular weight excluding hydrogens is 221 g/mol. The van der Waals surface area contributed by atoms with Crippen LogP contribution < -0.4 is 5.73 Å². The Morgan fingerprint density at radius 3 is 2.76 bits per heavy atom. The van der Waals surface area contributed by atoms with Gasteiger partial charge in [0.05, 0.1) is 11.4 Å². The summed E-state index contributed by atoms with van der Waals surface area (Å²) in [5.41, 5.74) is 7.99. The molecule has 0 aliphatic heterocycles. The number of imidazole rings is 1. The molecule has 0 unspecified atom stereocenters. The Kier molecular flexibility index (Phi) is 2.19. The van der Waals surface area contributed by atoms with E-state index >= 15 is 0 Å². The average Bonchev–Trinajstić information content (AvgIpc) is 2.89. The third kappa shape index (κ3) is 1.60. The summed E-state index contributed by atoms with van der Waals surface area (Å²) in [4.78, 5) is 4.30. The molecule has 86 valence electrons. The highest BCUT2D eigenvalue weighted by Gasteiger charge is 2.09. The first kappa shape index (κ1) is 10.0. The Morgan fingerprint density at radius 2 is 2.06 bits per heavy atom. The van der Waals surface area contributed by atoms with Crippen LogP contribution in [0.4, 0.5) is 4.39 Å². The van der Waals surface area contributed by atoms with Crippen molar-refractivity contribution in [2.75, 3.05) is 0 Å². The van der Waals surface area contributed by atoms with Gasteiger partial charge >= 0.3 is 5.84 Å². The monoisotopic (exact) mass is 231 g/mol. The summed E-state index contributed by atoms with van der Waals surface area (Å²) in [6.45, 7) is 0.381. The van der Waals surface area contributed by atoms with Crippen molar-refractivity contribution in [3.63, 3.8) is 0 Å². The summed E-state index contributed by atoms with van der Waals surface area (Å²) in [6.07, 6.45) is 3.41. The van der Waals surface area contributed by atoms with Crippen LogP contribution in [0.15, 0.2) is 41.1 Å². The van der Waals surface area contributed by atoms with Crippen molar-refractivity contribution in [3.8, 4) is 11.3 Å². The Balaban J connectivity index is 2.11. The molecule has 0 amide bonds. The van der Waals surface area contributed by atoms with Gasteiger partial charge in [-0.3, -0.25) is 4.40 Å². The van der Waals surface area contributed by atoms with E-state index in [4.69, 9.17) is 10.2 Å². The van der Waals surface area contributed by atoms with E-state index in [1.165, 1.54) is 12.1 Å². The zero-order chi connectivity index (χ0) is 11.8. The van der Waals surface area contributed by atoms with Gasteiger partial charge in [0.2, 0.25) is 0 Å². The molecule has 0 bridgehead atoms. The number of halogens is 1. The fraction of sp³-hybridized carbons (Fsp3) is 0.0833. The van der Waals surface area contributed by atoms with Gasteiger partial charge in [0, 0.05) is 18.3 Å². The second-order valence-corrected chi connectivity index (χ2v) is 3.72. The highest BCUT2D eigenvalue weighted by Crippen LogP contribution is 2.21. The molecule has 17 heavy (non-hydrogen) atoms. The number of hydrogen-bond donors (Lipinski definition) is 1. The van der Waals surface area contributed by atoms with Crippen LogP contribution >= 0.6 is 0 Å². The molecule has 0 saturated carbocycles. The van der Waals surface area contributed by atoms with Gasteiger partial charge in [-0.2, -0.15) is 4.98 Å². The Morgan fingerprint density at radius 1 is 1.29 bits per heavy atom. The highest BCUT2D eigenvalue weighted by molar-refractivity contribution is 5.61. The number of fused-ring (bicyclic) bond motifs is 1. The molecule has 5 heteroatoms. The molecule has 0 aliphatic rings. The smallest absolute Gasteiger partial charge is 0.306 e. The van der Waals surface area contributed by atoms with E-state index in [0.29, 0.717) is 12.4 Å². The van der Waals surface area contributed by atoms with E-state index in [-0.39, 0.29) is 5.82 Å². The van der Waals surface area contributed by atoms with Crippen LogP contribution in [-0.2, 0) is 6.54 Å². The van der Waals surface area contributed by atoms with Crippen LogP contribution in [0.25, 0.3) is 17.1 Å². The first-order valence-corrected chi connectivity index (χ1v) is 5.19. The Labute approximate surface area is 96.5 Å². The van der Waals surface area contributed by atoms with Gasteiger partial charge < -0.3 is 10.2 Å². The lowest BCUT2D eigenvalue weighted by Gasteiger charge is -1.95. The first-order chi connectivity index (χ1) is 8.28. The molecule has 3 rings (SSSR count). The Bertz CT molecular complexity index is 654. The van der Waals surface area contributed by atoms with Crippen LogP contribution in [0.2, 0.25) is 0 Å². The van der Waals surface area contributed by atoms with Crippen LogP contribution in [0.5, 0.6) is 0 Å². The minimum Gasteiger partial charge on any atom is -0.431 e. The normalized spacial score (nSPS) is 11.2. The van der Waals surface area contributed by atoms with Crippen molar-refractivity contribution in [1.82, 2.24) is 9.38 Å². The van der Waals surface area contributed by atoms with Gasteiger partial charge in [-0.15, -0.1) is 0 Å². The van der Waals surface area contributed by atoms with Crippen LogP contribution in [0.1, 0.15) is 5.69 Å². The van der Waals surface area contributed by atoms with E-state index in [0.717, 1.165) is 17.0 Å². The van der Waals surface area contributed by atoms with Gasteiger partial charge in [-0.25, -0.2) is 4.39 Å². The Hall–Kier alpha value is -2.14. The second-order valence-electron chi connectivity index (χ2n) is 3.72. The van der Waals surface area contributed by atoms with E-state index in [1.807, 2.05) is 6.20 Å². The molecule has 0 radical (unpaired) electrons. The fourth-order valence-electron chi connectivity index (χ4n) is 1.74. The number of nitrogens with zero attached hydrogens (tertiary/aromatic N) is 2. The van der Waals surface area contributed by atoms with E-state index < -0.39 is 0 Å². The summed E-state index contributed by atoms with van der Waals surface area (Å²) in [5, 5.41) is 0. The molecule has 2 aromatic heterocycles. The summed E-state index contributed by atoms with van der Waals surface area (Å²) >= 11 is 0. The van der Waals surface area contributed by atoms with Crippen LogP contribution in [-0.4, -0.2) is 9.38 Å². The number of hydrogen-bond acceptors (Lipinski definition) is 3. The van der Waals surface area contributed by atoms with E-state index in [1.54, 1.807) is 22.8 Å². The number of oxazole rings is 1. The molecular formula is C12H10FN3O. The maximum Gasteiger partial charge on any atom is 0.306 e. The van der Waals surface area contributed by atoms with Crippen molar-refractivity contribution < 1.29 is 8.81 Å². The molecule has 0 atom stereocenters. The SMILES string of the molecule is NCc1coc2nc(-c3ccc(F)cc3)cn12. The highest BCUT2D eigenvalue weighted by atomic mass is 19.1. The van der Waals surface area contributed by atoms with Gasteiger partial charge in [0.25, 0.3) is 0 Å². The summed E-state index contributed by atoms with van der Waals surface area (Å²) in [7, 11) is 0. The van der Waals surface area contributed by atoms with Gasteiger partial charge in [0.15, 0.2) is 0 Å². The topological polar surface area (TPSA) is 56.5 Å². The minimum atomic E-state index is -0.265. The summed E-state index contributed by atoms with van der Waals surface area (Å²) < 4.78 is 19.9. The molecule has 0 aliphatic carbocycles. The number of nitrogens with two attached hydrogens (primary N) is 1. The third-order valence-corrected chi connectivity index (χ3v) is 2.63. The van der Waals surface area contributed by atoms with Crippen molar-refractivity contribution in [2.45, 2.75) is 6.54 Å². The predicted molar refractivity (Wildman–Crippen MR) is 60.7 cm³/mol. The fourth-order valence-corrected chi connectivity index (χ4v) is 1.74. The van der Waals surface area contributed by atoms with Crippen molar-refractivity contribution in [1.29, 1.82) is 0 Å². The lowest BCUT2D eigenvalue weighted by atomic mass is 10.2. The molecule has 4 nitrogen and oxygen atoms in total. The van der Waals surface area contributed by atoms with E-state index in [9.17, 15) is 4.39 Å². The lowest BCUT2D eigenvalue weighted by molar-refractivity contribution is 0.594. The maximum absolute atomic E-state index is 12.8. The zero-order valence-electron chi connectivity index (χ0n) is 8.93. The van der Waals surface area contributed by atoms with Crippen molar-refractivity contribution >= 4 is 5.84 Å². The lowest BCUT2D eigenvalue weighted by Crippen LogP contribution is -1.98. The number of rotatable bonds is 2. The zero-order valence-corrected chi connectivity index (χ0v) is 8.93. The molecule has 0 saturated heterocycles. The van der Waals surface area contributed by atoms with E-state index in [2.05, 4.69) is 4.98 Å². The second kappa shape index (κ2) is 3.71. The minimum absolute atomic E-state index is 0.265. The number of benzene rings is 1. The molecule has 2 N–H and O–H groups in total. The molecule has 0 fully saturated rings. The first-order valence-electron chi connectivity index (χ1n) is 5.19. The summed E-state index contributed by atoms with van der Waals surface area (Å²) in [5.74, 6) is 0.226. The predicted octanol–water partition coefficient (Wildman–Crippen LogP) is 2.19. The van der Waals surface area contributed by atoms with Crippen molar-refractivity contribution in [2.24, 2.45) is 5.73 Å². The quantitative estimate of drug-likeness (QED) is 0.735. The molecule has 0 spiro atoms. The summed E-state index contributed by atoms with van der Waals surface area (Å²) in [6, 6.07) is 6.17. The van der Waals surface area contributed by atoms with Gasteiger partial charge in [-0.05, 0) is 24.3 Å².